The van der Waals surface area contributed by atoms with Gasteiger partial charge in [0.1, 0.15) is 5.75 Å². The Morgan fingerprint density at radius 2 is 1.29 bits per heavy atom. The zero-order chi connectivity index (χ0) is 29.5. The molecule has 0 radical (unpaired) electrons. The molecule has 0 spiro atoms. The lowest BCUT2D eigenvalue weighted by Crippen LogP contribution is -2.33. The van der Waals surface area contributed by atoms with Crippen LogP contribution in [0.4, 0.5) is 13.2 Å². The number of hydrogen-bond donors (Lipinski definition) is 0. The molecule has 41 heavy (non-hydrogen) atoms. The predicted molar refractivity (Wildman–Crippen MR) is 156 cm³/mol. The van der Waals surface area contributed by atoms with Gasteiger partial charge in [-0.15, -0.1) is 0 Å². The second-order valence-corrected chi connectivity index (χ2v) is 10.3. The van der Waals surface area contributed by atoms with Gasteiger partial charge < -0.3 is 9.47 Å². The Labute approximate surface area is 241 Å². The van der Waals surface area contributed by atoms with E-state index in [1.165, 1.54) is 31.4 Å². The zero-order valence-corrected chi connectivity index (χ0v) is 24.1. The number of benzene rings is 2. The Hall–Kier alpha value is -3.42. The van der Waals surface area contributed by atoms with E-state index in [-0.39, 0.29) is 12.0 Å². The summed E-state index contributed by atoms with van der Waals surface area (Å²) >= 11 is 0. The molecule has 1 heterocycles. The molecule has 5 nitrogen and oxygen atoms in total. The molecule has 0 N–H and O–H groups in total. The van der Waals surface area contributed by atoms with Gasteiger partial charge in [0.25, 0.3) is 0 Å². The first-order valence-electron chi connectivity index (χ1n) is 14.7. The van der Waals surface area contributed by atoms with Crippen LogP contribution in [0.3, 0.4) is 0 Å². The van der Waals surface area contributed by atoms with Crippen LogP contribution in [0, 0.1) is 0 Å². The van der Waals surface area contributed by atoms with Gasteiger partial charge in [0.15, 0.2) is 11.9 Å². The van der Waals surface area contributed by atoms with Crippen molar-refractivity contribution in [1.29, 1.82) is 0 Å². The highest BCUT2D eigenvalue weighted by Gasteiger charge is 2.42. The fourth-order valence-corrected chi connectivity index (χ4v) is 4.44. The number of nitrogens with zero attached hydrogens (tertiary/aromatic N) is 2. The van der Waals surface area contributed by atoms with Crippen LogP contribution in [0.25, 0.3) is 22.5 Å². The highest BCUT2D eigenvalue weighted by atomic mass is 19.4. The molecule has 3 aromatic rings. The molecule has 0 saturated heterocycles. The van der Waals surface area contributed by atoms with Gasteiger partial charge in [-0.3, -0.25) is 0 Å². The van der Waals surface area contributed by atoms with E-state index in [1.807, 2.05) is 24.3 Å². The summed E-state index contributed by atoms with van der Waals surface area (Å²) in [4.78, 5) is 21.4. The van der Waals surface area contributed by atoms with Gasteiger partial charge in [-0.1, -0.05) is 89.5 Å². The normalized spacial score (nSPS) is 12.2. The Morgan fingerprint density at radius 3 is 1.90 bits per heavy atom. The molecule has 0 bridgehead atoms. The van der Waals surface area contributed by atoms with E-state index in [9.17, 15) is 18.0 Å². The Bertz CT molecular complexity index is 1160. The van der Waals surface area contributed by atoms with Gasteiger partial charge in [0, 0.05) is 23.5 Å². The average Bonchev–Trinajstić information content (AvgIpc) is 2.98. The molecular formula is C33H41F3N2O3. The minimum Gasteiger partial charge on any atom is -0.494 e. The van der Waals surface area contributed by atoms with Crippen molar-refractivity contribution in [2.45, 2.75) is 96.8 Å². The zero-order valence-electron chi connectivity index (χ0n) is 24.1. The number of carbonyl (C=O) groups is 1. The van der Waals surface area contributed by atoms with Crippen molar-refractivity contribution in [3.63, 3.8) is 0 Å². The van der Waals surface area contributed by atoms with Crippen molar-refractivity contribution in [1.82, 2.24) is 9.97 Å². The second-order valence-electron chi connectivity index (χ2n) is 10.3. The number of ether oxygens (including phenoxy) is 2. The number of esters is 1. The number of carbonyl (C=O) groups excluding carboxylic acids is 1. The van der Waals surface area contributed by atoms with E-state index < -0.39 is 18.2 Å². The van der Waals surface area contributed by atoms with Crippen LogP contribution in [0.2, 0.25) is 0 Å². The fourth-order valence-electron chi connectivity index (χ4n) is 4.44. The standard InChI is InChI=1S/C33H41F3N2O3/c1-3-5-7-9-10-11-13-30(33(34,35)36)41-32(39)27-16-14-26(15-17-27)31-37-23-28(24-38-31)25-18-20-29(21-19-25)40-22-12-8-6-4-2/h14-21,23-24,30H,3-13,22H2,1-2H3. The van der Waals surface area contributed by atoms with Crippen LogP contribution >= 0.6 is 0 Å². The van der Waals surface area contributed by atoms with Gasteiger partial charge in [0.2, 0.25) is 0 Å². The second kappa shape index (κ2) is 16.7. The van der Waals surface area contributed by atoms with E-state index in [0.29, 0.717) is 30.8 Å². The molecule has 0 aliphatic heterocycles. The SMILES string of the molecule is CCCCCCCCC(OC(=O)c1ccc(-c2ncc(-c3ccc(OCCCCCC)cc3)cn2)cc1)C(F)(F)F. The quantitative estimate of drug-likeness (QED) is 0.119. The highest BCUT2D eigenvalue weighted by molar-refractivity contribution is 5.90. The maximum atomic E-state index is 13.5. The van der Waals surface area contributed by atoms with Crippen molar-refractivity contribution < 1.29 is 27.4 Å². The minimum atomic E-state index is -4.60. The van der Waals surface area contributed by atoms with Crippen LogP contribution < -0.4 is 4.74 Å². The summed E-state index contributed by atoms with van der Waals surface area (Å²) in [5, 5.41) is 0. The number of alkyl halides is 3. The molecular weight excluding hydrogens is 529 g/mol. The molecule has 1 atom stereocenters. The molecule has 0 aliphatic rings. The van der Waals surface area contributed by atoms with Crippen molar-refractivity contribution >= 4 is 5.97 Å². The van der Waals surface area contributed by atoms with E-state index in [4.69, 9.17) is 9.47 Å². The van der Waals surface area contributed by atoms with Crippen LogP contribution in [-0.4, -0.2) is 34.8 Å². The molecule has 0 saturated carbocycles. The summed E-state index contributed by atoms with van der Waals surface area (Å²) in [6.07, 6.45) is 6.21. The minimum absolute atomic E-state index is 0.0511. The summed E-state index contributed by atoms with van der Waals surface area (Å²) in [5.74, 6) is 0.275. The smallest absolute Gasteiger partial charge is 0.425 e. The highest BCUT2D eigenvalue weighted by Crippen LogP contribution is 2.29. The topological polar surface area (TPSA) is 61.3 Å². The molecule has 0 aliphatic carbocycles. The average molecular weight is 571 g/mol. The third kappa shape index (κ3) is 10.8. The summed E-state index contributed by atoms with van der Waals surface area (Å²) in [7, 11) is 0. The fraction of sp³-hybridized carbons (Fsp3) is 0.485. The lowest BCUT2D eigenvalue weighted by Gasteiger charge is -2.20. The van der Waals surface area contributed by atoms with Gasteiger partial charge in [0.05, 0.1) is 12.2 Å². The monoisotopic (exact) mass is 570 g/mol. The van der Waals surface area contributed by atoms with Crippen LogP contribution in [0.15, 0.2) is 60.9 Å². The first-order valence-corrected chi connectivity index (χ1v) is 14.7. The van der Waals surface area contributed by atoms with Crippen molar-refractivity contribution in [2.24, 2.45) is 0 Å². The number of hydrogen-bond acceptors (Lipinski definition) is 5. The molecule has 1 unspecified atom stereocenters. The predicted octanol–water partition coefficient (Wildman–Crippen LogP) is 9.61. The lowest BCUT2D eigenvalue weighted by atomic mass is 10.1. The number of rotatable bonds is 17. The molecule has 3 rings (SSSR count). The number of aromatic nitrogens is 2. The van der Waals surface area contributed by atoms with E-state index >= 15 is 0 Å². The van der Waals surface area contributed by atoms with Crippen LogP contribution in [0.1, 0.15) is 94.8 Å². The van der Waals surface area contributed by atoms with E-state index in [0.717, 1.165) is 49.0 Å². The molecule has 0 amide bonds. The number of unbranched alkanes of at least 4 members (excludes halogenated alkanes) is 8. The maximum Gasteiger partial charge on any atom is 0.425 e. The van der Waals surface area contributed by atoms with Crippen molar-refractivity contribution in [2.75, 3.05) is 6.61 Å². The maximum absolute atomic E-state index is 13.5. The number of halogens is 3. The third-order valence-corrected chi connectivity index (χ3v) is 6.92. The largest absolute Gasteiger partial charge is 0.494 e. The molecule has 222 valence electrons. The summed E-state index contributed by atoms with van der Waals surface area (Å²) in [6.45, 7) is 4.97. The van der Waals surface area contributed by atoms with Crippen LogP contribution in [0.5, 0.6) is 5.75 Å². The van der Waals surface area contributed by atoms with Gasteiger partial charge >= 0.3 is 12.1 Å². The summed E-state index contributed by atoms with van der Waals surface area (Å²) in [6, 6.07) is 13.9. The third-order valence-electron chi connectivity index (χ3n) is 6.92. The first kappa shape index (κ1) is 32.1. The first-order chi connectivity index (χ1) is 19.8. The Morgan fingerprint density at radius 1 is 0.732 bits per heavy atom. The van der Waals surface area contributed by atoms with Crippen molar-refractivity contribution in [3.8, 4) is 28.3 Å². The van der Waals surface area contributed by atoms with Crippen molar-refractivity contribution in [3.05, 3.63) is 66.5 Å². The molecule has 2 aromatic carbocycles. The summed E-state index contributed by atoms with van der Waals surface area (Å²) in [5.41, 5.74) is 2.48. The van der Waals surface area contributed by atoms with E-state index in [2.05, 4.69) is 23.8 Å². The lowest BCUT2D eigenvalue weighted by molar-refractivity contribution is -0.206. The van der Waals surface area contributed by atoms with Gasteiger partial charge in [-0.2, -0.15) is 13.2 Å². The van der Waals surface area contributed by atoms with E-state index in [1.54, 1.807) is 24.5 Å². The molecule has 1 aromatic heterocycles. The Balaban J connectivity index is 1.54. The Kier molecular flexibility index (Phi) is 13.1. The van der Waals surface area contributed by atoms with Crippen LogP contribution in [-0.2, 0) is 4.74 Å². The van der Waals surface area contributed by atoms with Gasteiger partial charge in [-0.05, 0) is 49.1 Å². The summed E-state index contributed by atoms with van der Waals surface area (Å²) < 4.78 is 51.1. The molecule has 0 fully saturated rings. The molecule has 8 heteroatoms. The van der Waals surface area contributed by atoms with Gasteiger partial charge in [-0.25, -0.2) is 14.8 Å².